The maximum atomic E-state index is 12.8. The third-order valence-corrected chi connectivity index (χ3v) is 5.94. The molecular formula is C23H37N5O3S. The van der Waals surface area contributed by atoms with Crippen LogP contribution in [0.3, 0.4) is 0 Å². The minimum absolute atomic E-state index is 0.000873. The number of carbonyl (C=O) groups excluding carboxylic acids is 1. The lowest BCUT2D eigenvalue weighted by atomic mass is 10.1. The second-order valence-corrected chi connectivity index (χ2v) is 10.7. The van der Waals surface area contributed by atoms with E-state index in [1.165, 1.54) is 6.26 Å². The summed E-state index contributed by atoms with van der Waals surface area (Å²) in [7, 11) is -3.06. The van der Waals surface area contributed by atoms with Crippen LogP contribution >= 0.6 is 0 Å². The molecule has 9 heteroatoms. The van der Waals surface area contributed by atoms with Crippen LogP contribution in [0.1, 0.15) is 42.9 Å². The van der Waals surface area contributed by atoms with E-state index in [-0.39, 0.29) is 11.7 Å². The topological polar surface area (TPSA) is 97.9 Å². The van der Waals surface area contributed by atoms with Crippen LogP contribution in [-0.4, -0.2) is 86.2 Å². The molecule has 1 aliphatic heterocycles. The second kappa shape index (κ2) is 12.5. The zero-order chi connectivity index (χ0) is 23.6. The SMILES string of the molecule is C=C(CCc1ccc(C(=O)N2CCN(C=NCC/C=C/NC(C)C)CC2)[nH]1)CS(C)(=O)=O. The van der Waals surface area contributed by atoms with Crippen molar-refractivity contribution in [2.45, 2.75) is 39.2 Å². The van der Waals surface area contributed by atoms with Gasteiger partial charge in [-0.2, -0.15) is 0 Å². The second-order valence-electron chi connectivity index (χ2n) is 8.58. The van der Waals surface area contributed by atoms with Gasteiger partial charge >= 0.3 is 0 Å². The summed E-state index contributed by atoms with van der Waals surface area (Å²) in [5.41, 5.74) is 2.15. The molecule has 1 amide bonds. The van der Waals surface area contributed by atoms with E-state index in [9.17, 15) is 13.2 Å². The first-order chi connectivity index (χ1) is 15.1. The number of aliphatic imine (C=N–C) groups is 1. The number of rotatable bonds is 12. The average Bonchev–Trinajstić information content (AvgIpc) is 3.19. The van der Waals surface area contributed by atoms with Crippen molar-refractivity contribution in [1.29, 1.82) is 0 Å². The van der Waals surface area contributed by atoms with Gasteiger partial charge in [-0.3, -0.25) is 9.79 Å². The maximum absolute atomic E-state index is 12.8. The first kappa shape index (κ1) is 25.7. The molecule has 0 aromatic carbocycles. The molecule has 1 aromatic rings. The minimum atomic E-state index is -3.06. The molecule has 1 fully saturated rings. The number of aromatic amines is 1. The molecule has 1 aliphatic rings. The molecule has 0 bridgehead atoms. The summed E-state index contributed by atoms with van der Waals surface area (Å²) in [6, 6.07) is 4.12. The highest BCUT2D eigenvalue weighted by molar-refractivity contribution is 7.90. The van der Waals surface area contributed by atoms with Gasteiger partial charge < -0.3 is 20.1 Å². The van der Waals surface area contributed by atoms with E-state index in [0.717, 1.165) is 31.7 Å². The van der Waals surface area contributed by atoms with Crippen LogP contribution in [-0.2, 0) is 16.3 Å². The number of hydrogen-bond acceptors (Lipinski definition) is 5. The van der Waals surface area contributed by atoms with Crippen LogP contribution < -0.4 is 5.32 Å². The fraction of sp³-hybridized carbons (Fsp3) is 0.565. The molecule has 0 radical (unpaired) electrons. The van der Waals surface area contributed by atoms with Crippen molar-refractivity contribution in [1.82, 2.24) is 20.1 Å². The monoisotopic (exact) mass is 463 g/mol. The first-order valence-electron chi connectivity index (χ1n) is 11.1. The van der Waals surface area contributed by atoms with Gasteiger partial charge in [-0.05, 0) is 51.4 Å². The van der Waals surface area contributed by atoms with E-state index in [1.807, 2.05) is 23.5 Å². The van der Waals surface area contributed by atoms with Gasteiger partial charge in [-0.1, -0.05) is 18.2 Å². The summed E-state index contributed by atoms with van der Waals surface area (Å²) < 4.78 is 22.7. The van der Waals surface area contributed by atoms with Crippen molar-refractivity contribution in [3.63, 3.8) is 0 Å². The molecule has 2 N–H and O–H groups in total. The third-order valence-electron chi connectivity index (χ3n) is 5.01. The van der Waals surface area contributed by atoms with Crippen LogP contribution in [0.2, 0.25) is 0 Å². The normalized spacial score (nSPS) is 15.2. The highest BCUT2D eigenvalue weighted by Gasteiger charge is 2.22. The van der Waals surface area contributed by atoms with E-state index in [2.05, 4.69) is 46.7 Å². The highest BCUT2D eigenvalue weighted by Crippen LogP contribution is 2.12. The average molecular weight is 464 g/mol. The van der Waals surface area contributed by atoms with E-state index >= 15 is 0 Å². The molecule has 0 aliphatic carbocycles. The van der Waals surface area contributed by atoms with Crippen LogP contribution in [0.5, 0.6) is 0 Å². The Balaban J connectivity index is 1.71. The number of carbonyl (C=O) groups is 1. The summed E-state index contributed by atoms with van der Waals surface area (Å²) in [6.45, 7) is 11.6. The van der Waals surface area contributed by atoms with Gasteiger partial charge in [0.1, 0.15) is 5.69 Å². The maximum Gasteiger partial charge on any atom is 0.270 e. The number of piperazine rings is 1. The van der Waals surface area contributed by atoms with Gasteiger partial charge in [0.05, 0.1) is 12.1 Å². The zero-order valence-electron chi connectivity index (χ0n) is 19.5. The quantitative estimate of drug-likeness (QED) is 0.214. The van der Waals surface area contributed by atoms with Crippen molar-refractivity contribution < 1.29 is 13.2 Å². The van der Waals surface area contributed by atoms with E-state index in [1.54, 1.807) is 6.07 Å². The summed E-state index contributed by atoms with van der Waals surface area (Å²) in [5, 5.41) is 3.23. The van der Waals surface area contributed by atoms with Gasteiger partial charge in [-0.25, -0.2) is 8.42 Å². The Morgan fingerprint density at radius 3 is 2.66 bits per heavy atom. The Bertz CT molecular complexity index is 910. The molecule has 32 heavy (non-hydrogen) atoms. The van der Waals surface area contributed by atoms with Crippen molar-refractivity contribution in [3.8, 4) is 0 Å². The number of aromatic nitrogens is 1. The lowest BCUT2D eigenvalue weighted by Gasteiger charge is -2.33. The molecule has 1 saturated heterocycles. The van der Waals surface area contributed by atoms with Crippen LogP contribution in [0.25, 0.3) is 0 Å². The van der Waals surface area contributed by atoms with Crippen LogP contribution in [0, 0.1) is 0 Å². The molecule has 1 aromatic heterocycles. The first-order valence-corrected chi connectivity index (χ1v) is 13.2. The van der Waals surface area contributed by atoms with Gasteiger partial charge in [0.25, 0.3) is 5.91 Å². The van der Waals surface area contributed by atoms with Crippen molar-refractivity contribution in [3.05, 3.63) is 47.9 Å². The van der Waals surface area contributed by atoms with E-state index in [0.29, 0.717) is 43.2 Å². The van der Waals surface area contributed by atoms with Crippen molar-refractivity contribution in [2.24, 2.45) is 4.99 Å². The smallest absolute Gasteiger partial charge is 0.270 e. The van der Waals surface area contributed by atoms with Crippen LogP contribution in [0.4, 0.5) is 0 Å². The standard InChI is InChI=1S/C23H37N5O3S/c1-19(2)25-12-6-5-11-24-18-27-13-15-28(16-14-27)23(29)22-10-9-21(26-22)8-7-20(3)17-32(4,30)31/h6,9-10,12,18-19,25-26H,3,5,7-8,11,13-17H2,1-2,4H3/b12-6+,24-18?. The van der Waals surface area contributed by atoms with Crippen LogP contribution in [0.15, 0.2) is 41.6 Å². The zero-order valence-corrected chi connectivity index (χ0v) is 20.3. The van der Waals surface area contributed by atoms with E-state index < -0.39 is 9.84 Å². The summed E-state index contributed by atoms with van der Waals surface area (Å²) in [4.78, 5) is 24.4. The molecule has 2 heterocycles. The number of hydrogen-bond donors (Lipinski definition) is 2. The third kappa shape index (κ3) is 9.72. The minimum Gasteiger partial charge on any atom is -0.389 e. The summed E-state index contributed by atoms with van der Waals surface area (Å²) in [5.74, 6) is -0.00959. The van der Waals surface area contributed by atoms with E-state index in [4.69, 9.17) is 0 Å². The number of aryl methyl sites for hydroxylation is 1. The van der Waals surface area contributed by atoms with Gasteiger partial charge in [0.2, 0.25) is 0 Å². The van der Waals surface area contributed by atoms with Gasteiger partial charge in [-0.15, -0.1) is 0 Å². The van der Waals surface area contributed by atoms with Gasteiger partial charge in [0, 0.05) is 50.7 Å². The Morgan fingerprint density at radius 1 is 1.28 bits per heavy atom. The fourth-order valence-electron chi connectivity index (χ4n) is 3.34. The lowest BCUT2D eigenvalue weighted by Crippen LogP contribution is -2.48. The number of sulfone groups is 1. The number of amides is 1. The lowest BCUT2D eigenvalue weighted by molar-refractivity contribution is 0.0689. The predicted molar refractivity (Wildman–Crippen MR) is 131 cm³/mol. The number of nitrogens with zero attached hydrogens (tertiary/aromatic N) is 3. The Hall–Kier alpha value is -2.55. The van der Waals surface area contributed by atoms with Crippen molar-refractivity contribution >= 4 is 22.1 Å². The summed E-state index contributed by atoms with van der Waals surface area (Å²) in [6.07, 6.45) is 9.26. The fourth-order valence-corrected chi connectivity index (χ4v) is 4.23. The van der Waals surface area contributed by atoms with Crippen molar-refractivity contribution in [2.75, 3.05) is 44.7 Å². The number of nitrogens with one attached hydrogen (secondary N) is 2. The van der Waals surface area contributed by atoms with Gasteiger partial charge in [0.15, 0.2) is 9.84 Å². The Labute approximate surface area is 192 Å². The molecule has 8 nitrogen and oxygen atoms in total. The summed E-state index contributed by atoms with van der Waals surface area (Å²) >= 11 is 0. The molecule has 0 unspecified atom stereocenters. The molecule has 0 spiro atoms. The molecule has 0 atom stereocenters. The highest BCUT2D eigenvalue weighted by atomic mass is 32.2. The Morgan fingerprint density at radius 2 is 2.00 bits per heavy atom. The molecule has 0 saturated carbocycles. The molecule has 2 rings (SSSR count). The predicted octanol–water partition coefficient (Wildman–Crippen LogP) is 2.24. The number of H-pyrrole nitrogens is 1. The Kier molecular flexibility index (Phi) is 10.0. The molecule has 178 valence electrons. The largest absolute Gasteiger partial charge is 0.389 e. The molecular weight excluding hydrogens is 426 g/mol.